The summed E-state index contributed by atoms with van der Waals surface area (Å²) in [7, 11) is 0. The standard InChI is InChI=1S/C11H17N5/c1-8-3-10(13-6-9(2)5-12)16-11(4-8)14-7-15-16/h3-4,7,9,13H,5-6,12H2,1-2H3. The van der Waals surface area contributed by atoms with E-state index in [2.05, 4.69) is 28.4 Å². The summed E-state index contributed by atoms with van der Waals surface area (Å²) in [6.45, 7) is 5.68. The molecule has 2 rings (SSSR count). The first-order valence-corrected chi connectivity index (χ1v) is 5.45. The maximum absolute atomic E-state index is 5.58. The van der Waals surface area contributed by atoms with E-state index < -0.39 is 0 Å². The molecule has 0 spiro atoms. The normalized spacial score (nSPS) is 12.9. The van der Waals surface area contributed by atoms with E-state index in [1.54, 1.807) is 10.8 Å². The minimum atomic E-state index is 0.444. The van der Waals surface area contributed by atoms with Crippen molar-refractivity contribution in [3.05, 3.63) is 24.0 Å². The first-order valence-electron chi connectivity index (χ1n) is 5.45. The number of rotatable bonds is 4. The van der Waals surface area contributed by atoms with Gasteiger partial charge in [0, 0.05) is 6.54 Å². The Hall–Kier alpha value is -1.62. The number of fused-ring (bicyclic) bond motifs is 1. The number of nitrogens with two attached hydrogens (primary N) is 1. The van der Waals surface area contributed by atoms with Crippen LogP contribution in [0.2, 0.25) is 0 Å². The second-order valence-corrected chi connectivity index (χ2v) is 4.17. The van der Waals surface area contributed by atoms with Gasteiger partial charge in [-0.1, -0.05) is 6.92 Å². The van der Waals surface area contributed by atoms with Gasteiger partial charge in [0.2, 0.25) is 0 Å². The maximum Gasteiger partial charge on any atom is 0.157 e. The molecule has 0 aliphatic rings. The monoisotopic (exact) mass is 219 g/mol. The largest absolute Gasteiger partial charge is 0.370 e. The predicted octanol–water partition coefficient (Wildman–Crippen LogP) is 1.04. The van der Waals surface area contributed by atoms with Crippen LogP contribution < -0.4 is 11.1 Å². The Morgan fingerprint density at radius 1 is 1.50 bits per heavy atom. The van der Waals surface area contributed by atoms with E-state index in [4.69, 9.17) is 5.73 Å². The Morgan fingerprint density at radius 3 is 3.06 bits per heavy atom. The lowest BCUT2D eigenvalue weighted by Crippen LogP contribution is -2.20. The van der Waals surface area contributed by atoms with Crippen molar-refractivity contribution in [1.82, 2.24) is 14.6 Å². The number of nitrogens with one attached hydrogen (secondary N) is 1. The van der Waals surface area contributed by atoms with Crippen LogP contribution in [0.5, 0.6) is 0 Å². The molecule has 0 aromatic carbocycles. The smallest absolute Gasteiger partial charge is 0.157 e. The van der Waals surface area contributed by atoms with Gasteiger partial charge < -0.3 is 11.1 Å². The van der Waals surface area contributed by atoms with Crippen LogP contribution in [0.4, 0.5) is 5.82 Å². The number of nitrogens with zero attached hydrogens (tertiary/aromatic N) is 3. The van der Waals surface area contributed by atoms with Crippen molar-refractivity contribution < 1.29 is 0 Å². The third-order valence-electron chi connectivity index (χ3n) is 2.56. The van der Waals surface area contributed by atoms with E-state index in [-0.39, 0.29) is 0 Å². The van der Waals surface area contributed by atoms with Crippen LogP contribution >= 0.6 is 0 Å². The molecule has 0 radical (unpaired) electrons. The van der Waals surface area contributed by atoms with Crippen molar-refractivity contribution in [2.45, 2.75) is 13.8 Å². The molecule has 2 aromatic rings. The number of hydrogen-bond acceptors (Lipinski definition) is 4. The van der Waals surface area contributed by atoms with Crippen molar-refractivity contribution in [3.8, 4) is 0 Å². The maximum atomic E-state index is 5.58. The average Bonchev–Trinajstić information content (AvgIpc) is 2.73. The van der Waals surface area contributed by atoms with Gasteiger partial charge in [-0.15, -0.1) is 0 Å². The molecule has 5 nitrogen and oxygen atoms in total. The first-order chi connectivity index (χ1) is 7.70. The molecule has 0 aliphatic carbocycles. The highest BCUT2D eigenvalue weighted by Gasteiger charge is 2.05. The topological polar surface area (TPSA) is 68.2 Å². The van der Waals surface area contributed by atoms with Crippen LogP contribution in [0.3, 0.4) is 0 Å². The molecule has 0 saturated carbocycles. The molecule has 1 unspecified atom stereocenters. The van der Waals surface area contributed by atoms with Gasteiger partial charge in [-0.3, -0.25) is 0 Å². The molecular formula is C11H17N5. The van der Waals surface area contributed by atoms with Crippen LogP contribution in [0.15, 0.2) is 18.5 Å². The van der Waals surface area contributed by atoms with Gasteiger partial charge in [-0.2, -0.15) is 9.61 Å². The summed E-state index contributed by atoms with van der Waals surface area (Å²) in [5.74, 6) is 1.41. The highest BCUT2D eigenvalue weighted by molar-refractivity contribution is 5.51. The second kappa shape index (κ2) is 4.49. The van der Waals surface area contributed by atoms with Crippen LogP contribution in [0.25, 0.3) is 5.65 Å². The molecule has 0 saturated heterocycles. The van der Waals surface area contributed by atoms with Gasteiger partial charge in [0.15, 0.2) is 5.65 Å². The third-order valence-corrected chi connectivity index (χ3v) is 2.56. The number of aryl methyl sites for hydroxylation is 1. The molecule has 5 heteroatoms. The summed E-state index contributed by atoms with van der Waals surface area (Å²) >= 11 is 0. The zero-order valence-electron chi connectivity index (χ0n) is 9.64. The van der Waals surface area contributed by atoms with Crippen molar-refractivity contribution in [1.29, 1.82) is 0 Å². The molecule has 0 fully saturated rings. The summed E-state index contributed by atoms with van der Waals surface area (Å²) < 4.78 is 1.80. The summed E-state index contributed by atoms with van der Waals surface area (Å²) in [6.07, 6.45) is 1.56. The molecule has 0 amide bonds. The van der Waals surface area contributed by atoms with Crippen LogP contribution in [-0.4, -0.2) is 27.7 Å². The minimum Gasteiger partial charge on any atom is -0.370 e. The minimum absolute atomic E-state index is 0.444. The summed E-state index contributed by atoms with van der Waals surface area (Å²) in [5.41, 5.74) is 7.62. The Morgan fingerprint density at radius 2 is 2.31 bits per heavy atom. The fourth-order valence-electron chi connectivity index (χ4n) is 1.54. The van der Waals surface area contributed by atoms with Gasteiger partial charge in [-0.25, -0.2) is 4.98 Å². The van der Waals surface area contributed by atoms with Gasteiger partial charge in [0.25, 0.3) is 0 Å². The van der Waals surface area contributed by atoms with E-state index in [9.17, 15) is 0 Å². The van der Waals surface area contributed by atoms with Crippen LogP contribution in [0, 0.1) is 12.8 Å². The van der Waals surface area contributed by atoms with Crippen LogP contribution in [-0.2, 0) is 0 Å². The zero-order valence-corrected chi connectivity index (χ0v) is 9.64. The molecule has 86 valence electrons. The third kappa shape index (κ3) is 2.14. The van der Waals surface area contributed by atoms with E-state index in [0.717, 1.165) is 18.0 Å². The summed E-state index contributed by atoms with van der Waals surface area (Å²) in [4.78, 5) is 4.17. The van der Waals surface area contributed by atoms with Crippen molar-refractivity contribution in [3.63, 3.8) is 0 Å². The Kier molecular flexibility index (Phi) is 3.05. The van der Waals surface area contributed by atoms with Gasteiger partial charge in [0.05, 0.1) is 0 Å². The highest BCUT2D eigenvalue weighted by Crippen LogP contribution is 2.13. The summed E-state index contributed by atoms with van der Waals surface area (Å²) in [5, 5.41) is 7.52. The molecule has 2 aromatic heterocycles. The fourth-order valence-corrected chi connectivity index (χ4v) is 1.54. The molecule has 16 heavy (non-hydrogen) atoms. The SMILES string of the molecule is Cc1cc(NCC(C)CN)n2ncnc2c1. The average molecular weight is 219 g/mol. The van der Waals surface area contributed by atoms with Gasteiger partial charge in [-0.05, 0) is 37.1 Å². The highest BCUT2D eigenvalue weighted by atomic mass is 15.3. The Labute approximate surface area is 94.7 Å². The fraction of sp³-hybridized carbons (Fsp3) is 0.455. The van der Waals surface area contributed by atoms with E-state index >= 15 is 0 Å². The quantitative estimate of drug-likeness (QED) is 0.806. The lowest BCUT2D eigenvalue weighted by atomic mass is 10.2. The van der Waals surface area contributed by atoms with E-state index in [0.29, 0.717) is 12.5 Å². The predicted molar refractivity (Wildman–Crippen MR) is 64.4 cm³/mol. The van der Waals surface area contributed by atoms with Crippen molar-refractivity contribution in [2.24, 2.45) is 11.7 Å². The number of anilines is 1. The van der Waals surface area contributed by atoms with Gasteiger partial charge in [0.1, 0.15) is 12.1 Å². The molecular weight excluding hydrogens is 202 g/mol. The summed E-state index contributed by atoms with van der Waals surface area (Å²) in [6, 6.07) is 4.06. The van der Waals surface area contributed by atoms with Gasteiger partial charge >= 0.3 is 0 Å². The second-order valence-electron chi connectivity index (χ2n) is 4.17. The Balaban J connectivity index is 2.25. The van der Waals surface area contributed by atoms with Crippen molar-refractivity contribution in [2.75, 3.05) is 18.4 Å². The van der Waals surface area contributed by atoms with E-state index in [1.165, 1.54) is 5.56 Å². The number of pyridine rings is 1. The first kappa shape index (κ1) is 10.9. The van der Waals surface area contributed by atoms with Crippen molar-refractivity contribution >= 4 is 11.5 Å². The van der Waals surface area contributed by atoms with Crippen LogP contribution in [0.1, 0.15) is 12.5 Å². The zero-order chi connectivity index (χ0) is 11.5. The number of hydrogen-bond donors (Lipinski definition) is 2. The Bertz CT molecular complexity index is 476. The molecule has 0 bridgehead atoms. The molecule has 0 aliphatic heterocycles. The molecule has 1 atom stereocenters. The molecule has 3 N–H and O–H groups in total. The lowest BCUT2D eigenvalue weighted by molar-refractivity contribution is 0.625. The van der Waals surface area contributed by atoms with E-state index in [1.807, 2.05) is 13.0 Å². The number of aromatic nitrogens is 3. The lowest BCUT2D eigenvalue weighted by Gasteiger charge is -2.12. The molecule has 2 heterocycles.